The van der Waals surface area contributed by atoms with Gasteiger partial charge in [-0.1, -0.05) is 0 Å². The minimum Gasteiger partial charge on any atom is -0.115 e. The molecule has 10 radical (unpaired) electrons. The summed E-state index contributed by atoms with van der Waals surface area (Å²) in [4.78, 5) is 0. The van der Waals surface area contributed by atoms with E-state index in [4.69, 9.17) is 0 Å². The Bertz CT molecular complexity index is 122. The van der Waals surface area contributed by atoms with Crippen molar-refractivity contribution >= 4 is 71.0 Å². The molecule has 0 N–H and O–H groups in total. The normalized spacial score (nSPS) is 31.3. The standard InChI is InChI=1S/C2H2B10/c3-1-2(3)5-7-9-11-12-10-8-6-4-1/h1-2H. The van der Waals surface area contributed by atoms with Crippen LogP contribution in [0, 0.1) is 0 Å². The Kier molecular flexibility index (Phi) is 3.66. The monoisotopic (exact) mass is 136 g/mol. The third-order valence-corrected chi connectivity index (χ3v) is 2.08. The van der Waals surface area contributed by atoms with E-state index in [9.17, 15) is 0 Å². The first-order valence-electron chi connectivity index (χ1n) is 4.33. The maximum Gasteiger partial charge on any atom is 0.0945 e. The van der Waals surface area contributed by atoms with Gasteiger partial charge in [0.1, 0.15) is 0 Å². The van der Waals surface area contributed by atoms with Gasteiger partial charge in [-0.3, -0.25) is 0 Å². The topological polar surface area (TPSA) is 0 Å². The van der Waals surface area contributed by atoms with Crippen LogP contribution in [0.4, 0.5) is 0 Å². The largest absolute Gasteiger partial charge is 0.115 e. The molecule has 0 saturated carbocycles. The molecule has 2 unspecified atom stereocenters. The molecule has 2 atom stereocenters. The number of hydrogen-bond donors (Lipinski definition) is 0. The molecule has 2 aliphatic rings. The van der Waals surface area contributed by atoms with Crippen LogP contribution in [0.5, 0.6) is 0 Å². The Morgan fingerprint density at radius 2 is 0.917 bits per heavy atom. The highest BCUT2D eigenvalue weighted by Crippen LogP contribution is 2.37. The van der Waals surface area contributed by atoms with Gasteiger partial charge in [-0.25, -0.2) is 0 Å². The SMILES string of the molecule is [B]1[B][B][B][B]C2[B]C2[B][B][B][B]1. The minimum absolute atomic E-state index is 0.678. The third-order valence-electron chi connectivity index (χ3n) is 2.08. The van der Waals surface area contributed by atoms with Crippen LogP contribution in [-0.4, -0.2) is 71.0 Å². The summed E-state index contributed by atoms with van der Waals surface area (Å²) >= 11 is 0. The van der Waals surface area contributed by atoms with Gasteiger partial charge in [0.25, 0.3) is 0 Å². The molecule has 0 bridgehead atoms. The lowest BCUT2D eigenvalue weighted by Gasteiger charge is -1.95. The molecule has 0 aromatic carbocycles. The van der Waals surface area contributed by atoms with Crippen molar-refractivity contribution in [1.29, 1.82) is 0 Å². The summed E-state index contributed by atoms with van der Waals surface area (Å²) in [6.07, 6.45) is 0. The quantitative estimate of drug-likeness (QED) is 0.307. The molecule has 0 amide bonds. The Labute approximate surface area is 82.8 Å². The fourth-order valence-electron chi connectivity index (χ4n) is 1.28. The van der Waals surface area contributed by atoms with Crippen molar-refractivity contribution in [3.05, 3.63) is 0 Å². The van der Waals surface area contributed by atoms with E-state index in [1.165, 1.54) is 0 Å². The second kappa shape index (κ2) is 4.77. The van der Waals surface area contributed by atoms with Crippen LogP contribution in [-0.2, 0) is 0 Å². The molecule has 0 spiro atoms. The summed E-state index contributed by atoms with van der Waals surface area (Å²) in [6, 6.07) is 0. The molecule has 10 heteroatoms. The van der Waals surface area contributed by atoms with E-state index in [1.807, 2.05) is 21.2 Å². The first-order valence-corrected chi connectivity index (χ1v) is 4.33. The molecule has 0 aromatic heterocycles. The number of rotatable bonds is 0. The molecule has 2 saturated heterocycles. The highest BCUT2D eigenvalue weighted by molar-refractivity contribution is 7.68. The molecule has 0 aliphatic carbocycles. The minimum atomic E-state index is 0.678. The van der Waals surface area contributed by atoms with Gasteiger partial charge in [-0.2, -0.15) is 0 Å². The van der Waals surface area contributed by atoms with Gasteiger partial charge < -0.3 is 0 Å². The van der Waals surface area contributed by atoms with E-state index in [0.29, 0.717) is 11.4 Å². The summed E-state index contributed by atoms with van der Waals surface area (Å²) in [6.45, 7) is 0. The van der Waals surface area contributed by atoms with Gasteiger partial charge in [-0.05, 0) is 0 Å². The smallest absolute Gasteiger partial charge is 0.0945 e. The second-order valence-corrected chi connectivity index (χ2v) is 3.08. The second-order valence-electron chi connectivity index (χ2n) is 3.08. The molecule has 40 valence electrons. The van der Waals surface area contributed by atoms with E-state index < -0.39 is 0 Å². The van der Waals surface area contributed by atoms with Gasteiger partial charge >= 0.3 is 0 Å². The zero-order valence-electron chi connectivity index (χ0n) is 6.93. The molecule has 12 heavy (non-hydrogen) atoms. The number of fused-ring (bicyclic) bond motifs is 1. The molecule has 0 nitrogen and oxygen atoms in total. The summed E-state index contributed by atoms with van der Waals surface area (Å²) in [5.41, 5.74) is 1.36. The summed E-state index contributed by atoms with van der Waals surface area (Å²) in [7, 11) is 21.3. The fraction of sp³-hybridized carbons (Fsp3) is 1.00. The van der Waals surface area contributed by atoms with Crippen LogP contribution in [0.2, 0.25) is 11.4 Å². The van der Waals surface area contributed by atoms with Gasteiger partial charge in [0.15, 0.2) is 0 Å². The van der Waals surface area contributed by atoms with E-state index in [1.54, 1.807) is 0 Å². The molecule has 2 fully saturated rings. The van der Waals surface area contributed by atoms with E-state index in [2.05, 4.69) is 49.9 Å². The Balaban J connectivity index is 1.70. The summed E-state index contributed by atoms with van der Waals surface area (Å²) < 4.78 is 0. The first-order chi connectivity index (χ1) is 5.97. The van der Waals surface area contributed by atoms with Crippen molar-refractivity contribution in [3.63, 3.8) is 0 Å². The maximum absolute atomic E-state index is 2.33. The summed E-state index contributed by atoms with van der Waals surface area (Å²) in [5, 5.41) is 0. The average molecular weight is 134 g/mol. The molecule has 2 rings (SSSR count). The van der Waals surface area contributed by atoms with Crippen molar-refractivity contribution < 1.29 is 0 Å². The zero-order valence-corrected chi connectivity index (χ0v) is 6.93. The highest BCUT2D eigenvalue weighted by atomic mass is 14.0. The Morgan fingerprint density at radius 1 is 0.500 bits per heavy atom. The lowest BCUT2D eigenvalue weighted by Crippen LogP contribution is -2.30. The van der Waals surface area contributed by atoms with Crippen molar-refractivity contribution in [1.82, 2.24) is 0 Å². The lowest BCUT2D eigenvalue weighted by atomic mass is 8.90. The molecule has 0 aromatic rings. The molecular formula is C2H2B10. The molecule has 2 aliphatic heterocycles. The van der Waals surface area contributed by atoms with Crippen LogP contribution in [0.15, 0.2) is 0 Å². The average Bonchev–Trinajstić information content (AvgIpc) is 2.78. The first kappa shape index (κ1) is 9.21. The van der Waals surface area contributed by atoms with Crippen LogP contribution in [0.25, 0.3) is 0 Å². The molecular weight excluding hydrogens is 132 g/mol. The van der Waals surface area contributed by atoms with E-state index in [-0.39, 0.29) is 0 Å². The Hall–Kier alpha value is 0.649. The van der Waals surface area contributed by atoms with Crippen molar-refractivity contribution in [2.75, 3.05) is 0 Å². The molecule has 2 heterocycles. The predicted molar refractivity (Wildman–Crippen MR) is 65.0 cm³/mol. The van der Waals surface area contributed by atoms with Gasteiger partial charge in [0.2, 0.25) is 0 Å². The van der Waals surface area contributed by atoms with Gasteiger partial charge in [0.05, 0.1) is 7.28 Å². The lowest BCUT2D eigenvalue weighted by molar-refractivity contribution is 1.45. The maximum atomic E-state index is 2.33. The predicted octanol–water partition coefficient (Wildman–Crippen LogP) is -3.13. The Morgan fingerprint density at radius 3 is 1.42 bits per heavy atom. The number of hydrogen-bond acceptors (Lipinski definition) is 0. The third kappa shape index (κ3) is 2.85. The van der Waals surface area contributed by atoms with Gasteiger partial charge in [-0.15, -0.1) is 11.4 Å². The van der Waals surface area contributed by atoms with E-state index in [0.717, 1.165) is 0 Å². The van der Waals surface area contributed by atoms with Crippen LogP contribution in [0.1, 0.15) is 0 Å². The highest BCUT2D eigenvalue weighted by Gasteiger charge is 2.35. The van der Waals surface area contributed by atoms with Crippen molar-refractivity contribution in [2.24, 2.45) is 0 Å². The fourth-order valence-corrected chi connectivity index (χ4v) is 1.28. The van der Waals surface area contributed by atoms with E-state index >= 15 is 0 Å². The van der Waals surface area contributed by atoms with Crippen LogP contribution >= 0.6 is 0 Å². The van der Waals surface area contributed by atoms with Crippen molar-refractivity contribution in [3.8, 4) is 0 Å². The van der Waals surface area contributed by atoms with Crippen LogP contribution < -0.4 is 0 Å². The zero-order chi connectivity index (χ0) is 8.23. The van der Waals surface area contributed by atoms with Crippen molar-refractivity contribution in [2.45, 2.75) is 11.4 Å². The van der Waals surface area contributed by atoms with Crippen LogP contribution in [0.3, 0.4) is 0 Å². The summed E-state index contributed by atoms with van der Waals surface area (Å²) in [5.74, 6) is 0. The van der Waals surface area contributed by atoms with Gasteiger partial charge in [0, 0.05) is 63.8 Å².